The van der Waals surface area contributed by atoms with E-state index in [0.29, 0.717) is 15.5 Å². The highest BCUT2D eigenvalue weighted by atomic mass is 35.5. The summed E-state index contributed by atoms with van der Waals surface area (Å²) in [6.45, 7) is 0.289. The molecular weight excluding hydrogens is 402 g/mol. The minimum atomic E-state index is -0.733. The molecule has 0 fully saturated rings. The second kappa shape index (κ2) is 7.31. The fourth-order valence-electron chi connectivity index (χ4n) is 3.18. The van der Waals surface area contributed by atoms with E-state index in [2.05, 4.69) is 0 Å². The summed E-state index contributed by atoms with van der Waals surface area (Å²) in [5.74, 6) is -1.42. The maximum absolute atomic E-state index is 13.1. The number of benzene rings is 1. The van der Waals surface area contributed by atoms with Crippen molar-refractivity contribution in [3.8, 4) is 0 Å². The Bertz CT molecular complexity index is 1030. The van der Waals surface area contributed by atoms with Crippen molar-refractivity contribution in [3.05, 3.63) is 91.0 Å². The molecule has 27 heavy (non-hydrogen) atoms. The van der Waals surface area contributed by atoms with Crippen molar-refractivity contribution in [1.29, 1.82) is 0 Å². The molecule has 1 aliphatic heterocycles. The number of carbonyl (C=O) groups is 2. The smallest absolute Gasteiger partial charge is 0.290 e. The van der Waals surface area contributed by atoms with Crippen LogP contribution >= 0.6 is 34.3 Å². The Morgan fingerprint density at radius 3 is 2.48 bits per heavy atom. The predicted octanol–water partition coefficient (Wildman–Crippen LogP) is 5.24. The van der Waals surface area contributed by atoms with E-state index in [4.69, 9.17) is 11.6 Å². The van der Waals surface area contributed by atoms with E-state index in [9.17, 15) is 14.7 Å². The summed E-state index contributed by atoms with van der Waals surface area (Å²) in [7, 11) is 0. The molecule has 4 rings (SSSR count). The number of carbonyl (C=O) groups excluding carboxylic acids is 2. The zero-order valence-corrected chi connectivity index (χ0v) is 16.4. The number of ketones is 1. The zero-order valence-electron chi connectivity index (χ0n) is 14.0. The fourth-order valence-corrected chi connectivity index (χ4v) is 4.80. The van der Waals surface area contributed by atoms with Crippen molar-refractivity contribution in [3.63, 3.8) is 0 Å². The van der Waals surface area contributed by atoms with E-state index in [1.807, 2.05) is 17.5 Å². The molecule has 2 aromatic heterocycles. The first-order valence-corrected chi connectivity index (χ1v) is 10.3. The van der Waals surface area contributed by atoms with E-state index < -0.39 is 17.7 Å². The Morgan fingerprint density at radius 1 is 1.07 bits per heavy atom. The second-order valence-electron chi connectivity index (χ2n) is 6.01. The maximum Gasteiger partial charge on any atom is 0.290 e. The van der Waals surface area contributed by atoms with Crippen molar-refractivity contribution in [2.75, 3.05) is 0 Å². The average Bonchev–Trinajstić information content (AvgIpc) is 3.40. The lowest BCUT2D eigenvalue weighted by molar-refractivity contribution is -0.130. The van der Waals surface area contributed by atoms with Crippen molar-refractivity contribution in [1.82, 2.24) is 4.90 Å². The van der Waals surface area contributed by atoms with Gasteiger partial charge in [-0.2, -0.15) is 0 Å². The van der Waals surface area contributed by atoms with Gasteiger partial charge in [0, 0.05) is 9.90 Å². The van der Waals surface area contributed by atoms with E-state index in [1.165, 1.54) is 27.6 Å². The fraction of sp³-hybridized carbons (Fsp3) is 0.100. The lowest BCUT2D eigenvalue weighted by Gasteiger charge is -2.27. The molecule has 4 nitrogen and oxygen atoms in total. The van der Waals surface area contributed by atoms with Crippen LogP contribution in [0.4, 0.5) is 0 Å². The molecule has 0 spiro atoms. The van der Waals surface area contributed by atoms with Gasteiger partial charge in [-0.3, -0.25) is 9.59 Å². The van der Waals surface area contributed by atoms with Gasteiger partial charge in [0.25, 0.3) is 5.91 Å². The van der Waals surface area contributed by atoms with Crippen LogP contribution in [0, 0.1) is 0 Å². The Morgan fingerprint density at radius 2 is 1.81 bits per heavy atom. The Balaban J connectivity index is 1.83. The Labute approximate surface area is 169 Å². The molecule has 0 saturated carbocycles. The SMILES string of the molecule is O=C(C1=C(O)C(=O)N(Cc2cccs2)C1c1ccccc1Cl)c1cccs1. The quantitative estimate of drug-likeness (QED) is 0.579. The highest BCUT2D eigenvalue weighted by molar-refractivity contribution is 7.12. The number of halogens is 1. The molecule has 3 heterocycles. The van der Waals surface area contributed by atoms with Gasteiger partial charge in [0.2, 0.25) is 5.78 Å². The molecule has 0 aliphatic carbocycles. The van der Waals surface area contributed by atoms with Gasteiger partial charge < -0.3 is 10.0 Å². The summed E-state index contributed by atoms with van der Waals surface area (Å²) in [6.07, 6.45) is 0. The van der Waals surface area contributed by atoms with Crippen LogP contribution in [0.3, 0.4) is 0 Å². The van der Waals surface area contributed by atoms with Gasteiger partial charge in [-0.15, -0.1) is 22.7 Å². The van der Waals surface area contributed by atoms with Crippen molar-refractivity contribution >= 4 is 46.0 Å². The molecule has 136 valence electrons. The number of hydrogen-bond acceptors (Lipinski definition) is 5. The molecule has 0 bridgehead atoms. The molecule has 1 atom stereocenters. The monoisotopic (exact) mass is 415 g/mol. The topological polar surface area (TPSA) is 57.6 Å². The number of Topliss-reactive ketones (excluding diaryl/α,β-unsaturated/α-hetero) is 1. The van der Waals surface area contributed by atoms with Crippen LogP contribution in [0.5, 0.6) is 0 Å². The Hall–Kier alpha value is -2.41. The van der Waals surface area contributed by atoms with Crippen molar-refractivity contribution < 1.29 is 14.7 Å². The summed E-state index contributed by atoms with van der Waals surface area (Å²) in [5, 5.41) is 14.7. The van der Waals surface area contributed by atoms with Crippen LogP contribution in [0.1, 0.15) is 26.2 Å². The lowest BCUT2D eigenvalue weighted by atomic mass is 9.95. The van der Waals surface area contributed by atoms with E-state index >= 15 is 0 Å². The van der Waals surface area contributed by atoms with Gasteiger partial charge in [-0.05, 0) is 34.5 Å². The number of hydrogen-bond donors (Lipinski definition) is 1. The van der Waals surface area contributed by atoms with Gasteiger partial charge in [0.15, 0.2) is 5.76 Å². The number of nitrogens with zero attached hydrogens (tertiary/aromatic N) is 1. The third-order valence-electron chi connectivity index (χ3n) is 4.40. The summed E-state index contributed by atoms with van der Waals surface area (Å²) in [5.41, 5.74) is 0.695. The van der Waals surface area contributed by atoms with Crippen molar-refractivity contribution in [2.24, 2.45) is 0 Å². The molecule has 1 aromatic carbocycles. The number of thiophene rings is 2. The standard InChI is InChI=1S/C20H14ClNO3S2/c21-14-7-2-1-6-13(14)17-16(18(23)15-8-4-10-27-15)19(24)20(25)22(17)11-12-5-3-9-26-12/h1-10,17,24H,11H2. The highest BCUT2D eigenvalue weighted by Gasteiger charge is 2.44. The molecular formula is C20H14ClNO3S2. The van der Waals surface area contributed by atoms with E-state index in [-0.39, 0.29) is 17.9 Å². The number of amides is 1. The lowest BCUT2D eigenvalue weighted by Crippen LogP contribution is -2.30. The number of aliphatic hydroxyl groups excluding tert-OH is 1. The normalized spacial score (nSPS) is 17.0. The van der Waals surface area contributed by atoms with Gasteiger partial charge in [0.05, 0.1) is 23.0 Å². The summed E-state index contributed by atoms with van der Waals surface area (Å²) in [4.78, 5) is 28.9. The first-order valence-electron chi connectivity index (χ1n) is 8.17. The van der Waals surface area contributed by atoms with Gasteiger partial charge in [-0.1, -0.05) is 41.9 Å². The zero-order chi connectivity index (χ0) is 19.0. The largest absolute Gasteiger partial charge is 0.503 e. The number of aliphatic hydroxyl groups is 1. The molecule has 1 amide bonds. The van der Waals surface area contributed by atoms with Crippen molar-refractivity contribution in [2.45, 2.75) is 12.6 Å². The van der Waals surface area contributed by atoms with E-state index in [1.54, 1.807) is 41.8 Å². The molecule has 7 heteroatoms. The summed E-state index contributed by atoms with van der Waals surface area (Å²) >= 11 is 9.18. The van der Waals surface area contributed by atoms with Gasteiger partial charge >= 0.3 is 0 Å². The first kappa shape index (κ1) is 18.0. The van der Waals surface area contributed by atoms with Crippen LogP contribution in [0.15, 0.2) is 70.6 Å². The van der Waals surface area contributed by atoms with Crippen LogP contribution in [0.25, 0.3) is 0 Å². The van der Waals surface area contributed by atoms with Crippen LogP contribution < -0.4 is 0 Å². The predicted molar refractivity (Wildman–Crippen MR) is 107 cm³/mol. The van der Waals surface area contributed by atoms with Crippen LogP contribution in [0.2, 0.25) is 5.02 Å². The van der Waals surface area contributed by atoms with Gasteiger partial charge in [0.1, 0.15) is 0 Å². The minimum Gasteiger partial charge on any atom is -0.503 e. The van der Waals surface area contributed by atoms with Gasteiger partial charge in [-0.25, -0.2) is 0 Å². The molecule has 1 N–H and O–H groups in total. The van der Waals surface area contributed by atoms with Crippen LogP contribution in [-0.2, 0) is 11.3 Å². The molecule has 0 radical (unpaired) electrons. The van der Waals surface area contributed by atoms with E-state index in [0.717, 1.165) is 4.88 Å². The minimum absolute atomic E-state index is 0.0760. The highest BCUT2D eigenvalue weighted by Crippen LogP contribution is 2.42. The second-order valence-corrected chi connectivity index (χ2v) is 8.39. The molecule has 1 aliphatic rings. The third-order valence-corrected chi connectivity index (χ3v) is 6.47. The molecule has 0 saturated heterocycles. The Kier molecular flexibility index (Phi) is 4.86. The van der Waals surface area contributed by atoms with Crippen LogP contribution in [-0.4, -0.2) is 21.7 Å². The average molecular weight is 416 g/mol. The first-order chi connectivity index (χ1) is 13.1. The third kappa shape index (κ3) is 3.20. The summed E-state index contributed by atoms with van der Waals surface area (Å²) < 4.78 is 0. The number of rotatable bonds is 5. The molecule has 1 unspecified atom stereocenters. The molecule has 3 aromatic rings. The maximum atomic E-state index is 13.1. The summed E-state index contributed by atoms with van der Waals surface area (Å²) in [6, 6.07) is 13.6.